The molecule has 0 radical (unpaired) electrons. The lowest BCUT2D eigenvalue weighted by atomic mass is 10.2. The van der Waals surface area contributed by atoms with Gasteiger partial charge in [0.15, 0.2) is 0 Å². The summed E-state index contributed by atoms with van der Waals surface area (Å²) in [7, 11) is 1.90. The molecule has 25 heavy (non-hydrogen) atoms. The number of fused-ring (bicyclic) bond motifs is 2. The normalized spacial score (nSPS) is 13.3. The molecule has 134 valence electrons. The minimum atomic E-state index is 0. The first kappa shape index (κ1) is 19.6. The molecule has 1 aliphatic rings. The fraction of sp³-hybridized carbons (Fsp3) is 0.316. The predicted octanol–water partition coefficient (Wildman–Crippen LogP) is 3.83. The molecule has 1 unspecified atom stereocenters. The van der Waals surface area contributed by atoms with E-state index in [0.29, 0.717) is 19.5 Å². The summed E-state index contributed by atoms with van der Waals surface area (Å²) in [6.45, 7) is 3.38. The number of likely N-dealkylation sites (N-methyl/N-ethyl adjacent to an activating group) is 1. The second-order valence-corrected chi connectivity index (χ2v) is 7.02. The van der Waals surface area contributed by atoms with Gasteiger partial charge in [-0.1, -0.05) is 36.0 Å². The number of amides is 1. The van der Waals surface area contributed by atoms with E-state index in [1.165, 1.54) is 21.2 Å². The van der Waals surface area contributed by atoms with Crippen LogP contribution in [0, 0.1) is 0 Å². The van der Waals surface area contributed by atoms with Crippen LogP contribution in [0.1, 0.15) is 13.3 Å². The maximum Gasteiger partial charge on any atom is 0.221 e. The van der Waals surface area contributed by atoms with Crippen LogP contribution in [-0.2, 0) is 4.79 Å². The maximum atomic E-state index is 12.2. The van der Waals surface area contributed by atoms with Crippen LogP contribution in [0.15, 0.2) is 58.3 Å². The standard InChI is InChI=1S/C19H23N3OS.ClH/c1-14(20-2)13-21-19(23)11-12-22-15-7-3-5-9-17(15)24-18-10-6-4-8-16(18)22;/h3-10,14,20H,11-13H2,1-2H3,(H,21,23);1H. The molecule has 1 aliphatic heterocycles. The summed E-state index contributed by atoms with van der Waals surface area (Å²) >= 11 is 1.79. The van der Waals surface area contributed by atoms with Gasteiger partial charge in [-0.05, 0) is 38.2 Å². The Morgan fingerprint density at radius 1 is 1.08 bits per heavy atom. The van der Waals surface area contributed by atoms with E-state index in [1.54, 1.807) is 11.8 Å². The van der Waals surface area contributed by atoms with E-state index in [4.69, 9.17) is 0 Å². The van der Waals surface area contributed by atoms with E-state index < -0.39 is 0 Å². The van der Waals surface area contributed by atoms with E-state index in [-0.39, 0.29) is 24.4 Å². The fourth-order valence-corrected chi connectivity index (χ4v) is 3.79. The molecule has 0 spiro atoms. The van der Waals surface area contributed by atoms with Crippen molar-refractivity contribution in [2.75, 3.05) is 25.0 Å². The Hall–Kier alpha value is -1.69. The van der Waals surface area contributed by atoms with E-state index in [1.807, 2.05) is 7.05 Å². The summed E-state index contributed by atoms with van der Waals surface area (Å²) in [5, 5.41) is 6.11. The minimum Gasteiger partial charge on any atom is -0.354 e. The lowest BCUT2D eigenvalue weighted by molar-refractivity contribution is -0.120. The zero-order valence-electron chi connectivity index (χ0n) is 14.5. The average molecular weight is 378 g/mol. The molecule has 0 aliphatic carbocycles. The van der Waals surface area contributed by atoms with Crippen molar-refractivity contribution < 1.29 is 4.79 Å². The zero-order valence-corrected chi connectivity index (χ0v) is 16.1. The van der Waals surface area contributed by atoms with Gasteiger partial charge in [-0.2, -0.15) is 0 Å². The van der Waals surface area contributed by atoms with Crippen molar-refractivity contribution in [3.05, 3.63) is 48.5 Å². The van der Waals surface area contributed by atoms with E-state index >= 15 is 0 Å². The third kappa shape index (κ3) is 4.69. The number of hydrogen-bond acceptors (Lipinski definition) is 4. The summed E-state index contributed by atoms with van der Waals surface area (Å²) in [5.41, 5.74) is 2.36. The zero-order chi connectivity index (χ0) is 16.9. The molecule has 0 aromatic heterocycles. The highest BCUT2D eigenvalue weighted by Gasteiger charge is 2.23. The van der Waals surface area contributed by atoms with Crippen LogP contribution in [0.4, 0.5) is 11.4 Å². The van der Waals surface area contributed by atoms with E-state index in [0.717, 1.165) is 0 Å². The molecule has 2 N–H and O–H groups in total. The van der Waals surface area contributed by atoms with Gasteiger partial charge < -0.3 is 15.5 Å². The number of carbonyl (C=O) groups is 1. The van der Waals surface area contributed by atoms with Gasteiger partial charge in [-0.3, -0.25) is 4.79 Å². The van der Waals surface area contributed by atoms with Gasteiger partial charge in [0.1, 0.15) is 0 Å². The second-order valence-electron chi connectivity index (χ2n) is 5.93. The number of nitrogens with zero attached hydrogens (tertiary/aromatic N) is 1. The number of halogens is 1. The van der Waals surface area contributed by atoms with Crippen molar-refractivity contribution in [3.63, 3.8) is 0 Å². The molecule has 0 bridgehead atoms. The highest BCUT2D eigenvalue weighted by Crippen LogP contribution is 2.47. The van der Waals surface area contributed by atoms with Crippen molar-refractivity contribution in [1.82, 2.24) is 10.6 Å². The summed E-state index contributed by atoms with van der Waals surface area (Å²) < 4.78 is 0. The van der Waals surface area contributed by atoms with Gasteiger partial charge in [0.2, 0.25) is 5.91 Å². The summed E-state index contributed by atoms with van der Waals surface area (Å²) in [6.07, 6.45) is 0.476. The number of carbonyl (C=O) groups excluding carboxylic acids is 1. The first-order chi connectivity index (χ1) is 11.7. The Morgan fingerprint density at radius 3 is 2.20 bits per heavy atom. The summed E-state index contributed by atoms with van der Waals surface area (Å²) in [6, 6.07) is 17.0. The van der Waals surface area contributed by atoms with Crippen LogP contribution in [0.3, 0.4) is 0 Å². The van der Waals surface area contributed by atoms with Gasteiger partial charge in [0.25, 0.3) is 0 Å². The molecule has 0 saturated heterocycles. The third-order valence-electron chi connectivity index (χ3n) is 4.19. The molecule has 1 atom stereocenters. The van der Waals surface area contributed by atoms with E-state index in [2.05, 4.69) is 71.0 Å². The molecular formula is C19H24ClN3OS. The maximum absolute atomic E-state index is 12.2. The summed E-state index contributed by atoms with van der Waals surface area (Å²) in [5.74, 6) is 0.0882. The molecule has 2 aromatic carbocycles. The molecule has 1 heterocycles. The van der Waals surface area contributed by atoms with Gasteiger partial charge in [0.05, 0.1) is 11.4 Å². The Balaban J connectivity index is 0.00000225. The van der Waals surface area contributed by atoms with Crippen LogP contribution in [-0.4, -0.2) is 32.1 Å². The molecule has 0 saturated carbocycles. The largest absolute Gasteiger partial charge is 0.354 e. The molecule has 6 heteroatoms. The van der Waals surface area contributed by atoms with Crippen molar-refractivity contribution in [2.24, 2.45) is 0 Å². The molecule has 3 rings (SSSR count). The Morgan fingerprint density at radius 2 is 1.64 bits per heavy atom. The number of anilines is 2. The van der Waals surface area contributed by atoms with Crippen LogP contribution >= 0.6 is 24.2 Å². The van der Waals surface area contributed by atoms with Crippen molar-refractivity contribution in [3.8, 4) is 0 Å². The van der Waals surface area contributed by atoms with Crippen molar-refractivity contribution in [1.29, 1.82) is 0 Å². The number of nitrogens with one attached hydrogen (secondary N) is 2. The minimum absolute atomic E-state index is 0. The smallest absolute Gasteiger partial charge is 0.221 e. The summed E-state index contributed by atoms with van der Waals surface area (Å²) in [4.78, 5) is 16.9. The Bertz CT molecular complexity index is 680. The molecule has 2 aromatic rings. The fourth-order valence-electron chi connectivity index (χ4n) is 2.69. The highest BCUT2D eigenvalue weighted by atomic mass is 35.5. The number of benzene rings is 2. The van der Waals surface area contributed by atoms with Gasteiger partial charge in [-0.15, -0.1) is 12.4 Å². The van der Waals surface area contributed by atoms with Crippen LogP contribution in [0.5, 0.6) is 0 Å². The molecule has 4 nitrogen and oxygen atoms in total. The van der Waals surface area contributed by atoms with Gasteiger partial charge >= 0.3 is 0 Å². The monoisotopic (exact) mass is 377 g/mol. The van der Waals surface area contributed by atoms with Crippen molar-refractivity contribution >= 4 is 41.5 Å². The third-order valence-corrected chi connectivity index (χ3v) is 5.32. The van der Waals surface area contributed by atoms with Gasteiger partial charge in [0, 0.05) is 35.3 Å². The molecule has 1 amide bonds. The molecular weight excluding hydrogens is 354 g/mol. The SMILES string of the molecule is CNC(C)CNC(=O)CCN1c2ccccc2Sc2ccccc21.Cl. The average Bonchev–Trinajstić information content (AvgIpc) is 2.63. The lowest BCUT2D eigenvalue weighted by Crippen LogP contribution is -2.38. The number of para-hydroxylation sites is 2. The predicted molar refractivity (Wildman–Crippen MR) is 107 cm³/mol. The Kier molecular flexibility index (Phi) is 7.17. The number of rotatable bonds is 6. The molecule has 0 fully saturated rings. The van der Waals surface area contributed by atoms with Gasteiger partial charge in [-0.25, -0.2) is 0 Å². The first-order valence-corrected chi connectivity index (χ1v) is 9.08. The van der Waals surface area contributed by atoms with Crippen molar-refractivity contribution in [2.45, 2.75) is 29.2 Å². The first-order valence-electron chi connectivity index (χ1n) is 8.26. The van der Waals surface area contributed by atoms with E-state index in [9.17, 15) is 4.79 Å². The number of hydrogen-bond donors (Lipinski definition) is 2. The second kappa shape index (κ2) is 9.13. The lowest BCUT2D eigenvalue weighted by Gasteiger charge is -2.32. The van der Waals surface area contributed by atoms with Crippen LogP contribution in [0.25, 0.3) is 0 Å². The van der Waals surface area contributed by atoms with Crippen LogP contribution in [0.2, 0.25) is 0 Å². The topological polar surface area (TPSA) is 44.4 Å². The Labute approximate surface area is 159 Å². The quantitative estimate of drug-likeness (QED) is 0.803. The van der Waals surface area contributed by atoms with Crippen LogP contribution < -0.4 is 15.5 Å². The highest BCUT2D eigenvalue weighted by molar-refractivity contribution is 7.99.